The smallest absolute Gasteiger partial charge is 0.150 e. The molecule has 2 N–H and O–H groups in total. The van der Waals surface area contributed by atoms with Gasteiger partial charge in [-0.3, -0.25) is 0 Å². The Hall–Kier alpha value is -0.710. The van der Waals surface area contributed by atoms with E-state index < -0.39 is 0 Å². The Morgan fingerprint density at radius 2 is 2.06 bits per heavy atom. The quantitative estimate of drug-likeness (QED) is 0.842. The number of nitrogen functional groups attached to an aromatic ring is 1. The van der Waals surface area contributed by atoms with Crippen molar-refractivity contribution in [1.82, 2.24) is 4.98 Å². The maximum atomic E-state index is 6.10. The molecular weight excluding hydrogens is 249 g/mol. The summed E-state index contributed by atoms with van der Waals surface area (Å²) in [5.74, 6) is 1.00. The molecule has 2 rings (SSSR count). The van der Waals surface area contributed by atoms with Gasteiger partial charge in [0.05, 0.1) is 16.7 Å². The summed E-state index contributed by atoms with van der Waals surface area (Å²) < 4.78 is 5.37. The van der Waals surface area contributed by atoms with Crippen LogP contribution in [-0.2, 0) is 4.74 Å². The first-order chi connectivity index (χ1) is 7.68. The molecule has 1 aromatic rings. The van der Waals surface area contributed by atoms with E-state index in [0.29, 0.717) is 28.3 Å². The normalized spacial score (nSPS) is 17.2. The van der Waals surface area contributed by atoms with Gasteiger partial charge >= 0.3 is 0 Å². The monoisotopic (exact) mass is 261 g/mol. The largest absolute Gasteiger partial charge is 0.382 e. The van der Waals surface area contributed by atoms with Crippen LogP contribution in [0.3, 0.4) is 0 Å². The highest BCUT2D eigenvalue weighted by Gasteiger charge is 2.16. The highest BCUT2D eigenvalue weighted by Crippen LogP contribution is 2.30. The van der Waals surface area contributed by atoms with Gasteiger partial charge in [0.1, 0.15) is 11.6 Å². The predicted octanol–water partition coefficient (Wildman–Crippen LogP) is 2.20. The Morgan fingerprint density at radius 1 is 1.25 bits per heavy atom. The molecule has 4 nitrogen and oxygen atoms in total. The van der Waals surface area contributed by atoms with E-state index in [-0.39, 0.29) is 0 Å². The fourth-order valence-corrected chi connectivity index (χ4v) is 2.13. The number of hydrogen-bond donors (Lipinski definition) is 1. The number of aromatic nitrogens is 1. The van der Waals surface area contributed by atoms with Gasteiger partial charge in [-0.05, 0) is 12.5 Å². The van der Waals surface area contributed by atoms with Crippen LogP contribution in [0.2, 0.25) is 10.0 Å². The van der Waals surface area contributed by atoms with E-state index in [9.17, 15) is 0 Å². The number of ether oxygens (including phenoxy) is 1. The molecule has 0 spiro atoms. The van der Waals surface area contributed by atoms with E-state index in [2.05, 4.69) is 9.88 Å². The van der Waals surface area contributed by atoms with Crippen molar-refractivity contribution in [2.45, 2.75) is 6.42 Å². The number of nitrogens with two attached hydrogens (primary N) is 1. The number of nitrogens with zero attached hydrogens (tertiary/aromatic N) is 2. The Balaban J connectivity index is 2.27. The summed E-state index contributed by atoms with van der Waals surface area (Å²) >= 11 is 11.9. The molecule has 88 valence electrons. The van der Waals surface area contributed by atoms with Crippen LogP contribution in [0.15, 0.2) is 6.07 Å². The summed E-state index contributed by atoms with van der Waals surface area (Å²) in [6.07, 6.45) is 0.959. The minimum absolute atomic E-state index is 0.311. The highest BCUT2D eigenvalue weighted by atomic mass is 35.5. The lowest BCUT2D eigenvalue weighted by Crippen LogP contribution is -2.27. The molecule has 0 aromatic carbocycles. The van der Waals surface area contributed by atoms with Crippen LogP contribution in [0.5, 0.6) is 0 Å². The standard InChI is InChI=1S/C10H13Cl2N3O/c11-7-6-8(12)10(14-9(7)13)15-2-1-4-16-5-3-15/h6H,1-5H2,(H2,13,14). The zero-order valence-electron chi connectivity index (χ0n) is 8.75. The molecule has 1 aromatic heterocycles. The molecule has 0 unspecified atom stereocenters. The number of rotatable bonds is 1. The van der Waals surface area contributed by atoms with E-state index in [1.807, 2.05) is 0 Å². The van der Waals surface area contributed by atoms with Gasteiger partial charge in [0.25, 0.3) is 0 Å². The van der Waals surface area contributed by atoms with Gasteiger partial charge in [0.2, 0.25) is 0 Å². The first kappa shape index (κ1) is 11.8. The third-order valence-corrected chi connectivity index (χ3v) is 3.04. The lowest BCUT2D eigenvalue weighted by molar-refractivity contribution is 0.152. The average molecular weight is 262 g/mol. The SMILES string of the molecule is Nc1nc(N2CCCOCC2)c(Cl)cc1Cl. The van der Waals surface area contributed by atoms with Crippen LogP contribution in [0.1, 0.15) is 6.42 Å². The summed E-state index contributed by atoms with van der Waals surface area (Å²) in [7, 11) is 0. The number of pyridine rings is 1. The van der Waals surface area contributed by atoms with Crippen molar-refractivity contribution in [3.05, 3.63) is 16.1 Å². The third kappa shape index (κ3) is 2.51. The molecule has 0 radical (unpaired) electrons. The van der Waals surface area contributed by atoms with E-state index >= 15 is 0 Å². The summed E-state index contributed by atoms with van der Waals surface area (Å²) in [5.41, 5.74) is 5.68. The van der Waals surface area contributed by atoms with Crippen LogP contribution in [0.25, 0.3) is 0 Å². The molecule has 0 atom stereocenters. The number of halogens is 2. The lowest BCUT2D eigenvalue weighted by Gasteiger charge is -2.22. The predicted molar refractivity (Wildman–Crippen MR) is 66.3 cm³/mol. The molecule has 1 saturated heterocycles. The summed E-state index contributed by atoms with van der Waals surface area (Å²) in [6.45, 7) is 3.10. The second kappa shape index (κ2) is 5.08. The van der Waals surface area contributed by atoms with Crippen LogP contribution < -0.4 is 10.6 Å². The molecule has 2 heterocycles. The molecule has 0 aliphatic carbocycles. The highest BCUT2D eigenvalue weighted by molar-refractivity contribution is 6.37. The minimum atomic E-state index is 0.311. The molecule has 0 amide bonds. The average Bonchev–Trinajstić information content (AvgIpc) is 2.52. The van der Waals surface area contributed by atoms with Gasteiger partial charge in [-0.2, -0.15) is 0 Å². The topological polar surface area (TPSA) is 51.4 Å². The summed E-state index contributed by atoms with van der Waals surface area (Å²) in [5, 5.41) is 0.918. The second-order valence-electron chi connectivity index (χ2n) is 3.61. The molecule has 6 heteroatoms. The van der Waals surface area contributed by atoms with Crippen molar-refractivity contribution in [2.75, 3.05) is 36.9 Å². The second-order valence-corrected chi connectivity index (χ2v) is 4.43. The van der Waals surface area contributed by atoms with E-state index in [1.165, 1.54) is 0 Å². The Morgan fingerprint density at radius 3 is 2.88 bits per heavy atom. The molecule has 1 aliphatic heterocycles. The minimum Gasteiger partial charge on any atom is -0.382 e. The maximum absolute atomic E-state index is 6.10. The van der Waals surface area contributed by atoms with Crippen molar-refractivity contribution in [3.8, 4) is 0 Å². The van der Waals surface area contributed by atoms with Crippen molar-refractivity contribution in [2.24, 2.45) is 0 Å². The first-order valence-corrected chi connectivity index (χ1v) is 5.88. The van der Waals surface area contributed by atoms with Crippen LogP contribution in [0.4, 0.5) is 11.6 Å². The zero-order chi connectivity index (χ0) is 11.5. The number of hydrogen-bond acceptors (Lipinski definition) is 4. The van der Waals surface area contributed by atoms with Crippen LogP contribution in [0, 0.1) is 0 Å². The molecule has 16 heavy (non-hydrogen) atoms. The molecule has 1 fully saturated rings. The Kier molecular flexibility index (Phi) is 3.74. The van der Waals surface area contributed by atoms with Gasteiger partial charge in [-0.1, -0.05) is 23.2 Å². The van der Waals surface area contributed by atoms with Gasteiger partial charge in [-0.15, -0.1) is 0 Å². The summed E-state index contributed by atoms with van der Waals surface area (Å²) in [6, 6.07) is 1.63. The zero-order valence-corrected chi connectivity index (χ0v) is 10.3. The van der Waals surface area contributed by atoms with Crippen molar-refractivity contribution in [3.63, 3.8) is 0 Å². The van der Waals surface area contributed by atoms with Gasteiger partial charge < -0.3 is 15.4 Å². The van der Waals surface area contributed by atoms with Gasteiger partial charge in [-0.25, -0.2) is 4.98 Å². The Bertz CT molecular complexity index is 379. The third-order valence-electron chi connectivity index (χ3n) is 2.46. The van der Waals surface area contributed by atoms with Gasteiger partial charge in [0, 0.05) is 19.7 Å². The molecule has 0 saturated carbocycles. The van der Waals surface area contributed by atoms with E-state index in [1.54, 1.807) is 6.07 Å². The van der Waals surface area contributed by atoms with Crippen LogP contribution in [-0.4, -0.2) is 31.3 Å². The molecule has 1 aliphatic rings. The summed E-state index contributed by atoms with van der Waals surface area (Å²) in [4.78, 5) is 6.29. The van der Waals surface area contributed by atoms with Gasteiger partial charge in [0.15, 0.2) is 0 Å². The van der Waals surface area contributed by atoms with Crippen molar-refractivity contribution < 1.29 is 4.74 Å². The van der Waals surface area contributed by atoms with E-state index in [4.69, 9.17) is 33.7 Å². The molecular formula is C10H13Cl2N3O. The first-order valence-electron chi connectivity index (χ1n) is 5.12. The van der Waals surface area contributed by atoms with Crippen molar-refractivity contribution in [1.29, 1.82) is 0 Å². The fourth-order valence-electron chi connectivity index (χ4n) is 1.65. The van der Waals surface area contributed by atoms with Crippen LogP contribution >= 0.6 is 23.2 Å². The lowest BCUT2D eigenvalue weighted by atomic mass is 10.3. The number of anilines is 2. The Labute approximate surface area is 104 Å². The fraction of sp³-hybridized carbons (Fsp3) is 0.500. The molecule has 0 bridgehead atoms. The van der Waals surface area contributed by atoms with Crippen molar-refractivity contribution >= 4 is 34.8 Å². The van der Waals surface area contributed by atoms with E-state index in [0.717, 1.165) is 26.1 Å². The maximum Gasteiger partial charge on any atom is 0.150 e.